The summed E-state index contributed by atoms with van der Waals surface area (Å²) in [5, 5.41) is 6.23. The van der Waals surface area contributed by atoms with Crippen molar-refractivity contribution in [1.29, 1.82) is 0 Å². The van der Waals surface area contributed by atoms with Crippen LogP contribution in [-0.4, -0.2) is 41.8 Å². The topological polar surface area (TPSA) is 78.5 Å². The molecule has 1 atom stereocenters. The summed E-state index contributed by atoms with van der Waals surface area (Å²) < 4.78 is 0. The fraction of sp³-hybridized carbons (Fsp3) is 0.375. The third kappa shape index (κ3) is 6.07. The molecule has 3 amide bonds. The van der Waals surface area contributed by atoms with Gasteiger partial charge in [0.05, 0.1) is 0 Å². The zero-order valence-electron chi connectivity index (χ0n) is 17.9. The van der Waals surface area contributed by atoms with Crippen LogP contribution in [0.3, 0.4) is 0 Å². The van der Waals surface area contributed by atoms with E-state index in [9.17, 15) is 14.4 Å². The van der Waals surface area contributed by atoms with E-state index >= 15 is 0 Å². The molecule has 0 aromatic heterocycles. The van der Waals surface area contributed by atoms with Crippen LogP contribution in [-0.2, 0) is 4.79 Å². The van der Waals surface area contributed by atoms with E-state index in [1.165, 1.54) is 0 Å². The lowest BCUT2D eigenvalue weighted by Crippen LogP contribution is -2.46. The van der Waals surface area contributed by atoms with Gasteiger partial charge < -0.3 is 15.5 Å². The van der Waals surface area contributed by atoms with Gasteiger partial charge >= 0.3 is 0 Å². The number of hydrogen-bond acceptors (Lipinski definition) is 3. The van der Waals surface area contributed by atoms with Crippen LogP contribution in [0, 0.1) is 5.92 Å². The van der Waals surface area contributed by atoms with E-state index in [1.54, 1.807) is 53.4 Å². The van der Waals surface area contributed by atoms with Gasteiger partial charge in [0, 0.05) is 34.9 Å². The second-order valence-electron chi connectivity index (χ2n) is 8.17. The van der Waals surface area contributed by atoms with Crippen LogP contribution in [0.15, 0.2) is 48.5 Å². The number of anilines is 1. The van der Waals surface area contributed by atoms with Gasteiger partial charge in [0.2, 0.25) is 5.91 Å². The molecule has 31 heavy (non-hydrogen) atoms. The Bertz CT molecular complexity index is 943. The van der Waals surface area contributed by atoms with E-state index in [0.717, 1.165) is 12.8 Å². The fourth-order valence-electron chi connectivity index (χ4n) is 3.58. The van der Waals surface area contributed by atoms with Crippen molar-refractivity contribution in [2.24, 2.45) is 5.92 Å². The van der Waals surface area contributed by atoms with Gasteiger partial charge in [-0.2, -0.15) is 0 Å². The number of likely N-dealkylation sites (tertiary alicyclic amines) is 1. The van der Waals surface area contributed by atoms with Gasteiger partial charge in [0.25, 0.3) is 11.8 Å². The van der Waals surface area contributed by atoms with Gasteiger partial charge in [-0.3, -0.25) is 14.4 Å². The number of carbonyl (C=O) groups is 3. The number of benzene rings is 2. The second-order valence-corrected chi connectivity index (χ2v) is 8.61. The van der Waals surface area contributed by atoms with E-state index in [0.29, 0.717) is 47.3 Å². The maximum Gasteiger partial charge on any atom is 0.255 e. The molecular formula is C24H28ClN3O3. The number of amides is 3. The monoisotopic (exact) mass is 441 g/mol. The molecule has 0 spiro atoms. The van der Waals surface area contributed by atoms with Gasteiger partial charge in [-0.05, 0) is 67.6 Å². The normalized spacial score (nSPS) is 15.7. The molecule has 1 saturated heterocycles. The van der Waals surface area contributed by atoms with Crippen molar-refractivity contribution in [1.82, 2.24) is 10.2 Å². The minimum atomic E-state index is -0.429. The quantitative estimate of drug-likeness (QED) is 0.670. The Morgan fingerprint density at radius 2 is 1.84 bits per heavy atom. The van der Waals surface area contributed by atoms with Crippen molar-refractivity contribution in [3.63, 3.8) is 0 Å². The Kier molecular flexibility index (Phi) is 7.69. The summed E-state index contributed by atoms with van der Waals surface area (Å²) in [6.45, 7) is 5.40. The predicted molar refractivity (Wildman–Crippen MR) is 122 cm³/mol. The number of carbonyl (C=O) groups excluding carboxylic acids is 3. The van der Waals surface area contributed by atoms with E-state index in [-0.39, 0.29) is 17.7 Å². The summed E-state index contributed by atoms with van der Waals surface area (Å²) in [7, 11) is 0. The third-order valence-corrected chi connectivity index (χ3v) is 5.55. The molecule has 1 fully saturated rings. The highest BCUT2D eigenvalue weighted by molar-refractivity contribution is 6.31. The lowest BCUT2D eigenvalue weighted by molar-refractivity contribution is -0.124. The minimum Gasteiger partial charge on any atom is -0.354 e. The molecule has 0 saturated carbocycles. The molecule has 164 valence electrons. The summed E-state index contributed by atoms with van der Waals surface area (Å²) >= 11 is 5.93. The van der Waals surface area contributed by atoms with Crippen molar-refractivity contribution in [3.8, 4) is 0 Å². The van der Waals surface area contributed by atoms with Gasteiger partial charge in [-0.1, -0.05) is 31.5 Å². The van der Waals surface area contributed by atoms with Crippen LogP contribution in [0.5, 0.6) is 0 Å². The lowest BCUT2D eigenvalue weighted by atomic mass is 10.1. The molecular weight excluding hydrogens is 414 g/mol. The Balaban J connectivity index is 1.61. The van der Waals surface area contributed by atoms with Gasteiger partial charge in [0.15, 0.2) is 0 Å². The molecule has 6 nitrogen and oxygen atoms in total. The summed E-state index contributed by atoms with van der Waals surface area (Å²) in [4.78, 5) is 39.5. The summed E-state index contributed by atoms with van der Waals surface area (Å²) in [5.74, 6) is -0.0233. The van der Waals surface area contributed by atoms with Crippen molar-refractivity contribution in [3.05, 3.63) is 64.7 Å². The van der Waals surface area contributed by atoms with Crippen LogP contribution >= 0.6 is 11.6 Å². The smallest absolute Gasteiger partial charge is 0.255 e. The summed E-state index contributed by atoms with van der Waals surface area (Å²) in [6.07, 6.45) is 2.39. The molecule has 7 heteroatoms. The highest BCUT2D eigenvalue weighted by atomic mass is 35.5. The van der Waals surface area contributed by atoms with E-state index in [1.807, 2.05) is 0 Å². The number of halogens is 1. The molecule has 0 radical (unpaired) electrons. The average Bonchev–Trinajstić information content (AvgIpc) is 3.23. The van der Waals surface area contributed by atoms with Crippen molar-refractivity contribution in [2.75, 3.05) is 18.4 Å². The molecule has 0 unspecified atom stereocenters. The highest BCUT2D eigenvalue weighted by Crippen LogP contribution is 2.22. The van der Waals surface area contributed by atoms with Crippen molar-refractivity contribution >= 4 is 35.0 Å². The fourth-order valence-corrected chi connectivity index (χ4v) is 3.77. The molecule has 0 bridgehead atoms. The van der Waals surface area contributed by atoms with Crippen molar-refractivity contribution < 1.29 is 14.4 Å². The Morgan fingerprint density at radius 3 is 2.52 bits per heavy atom. The maximum absolute atomic E-state index is 13.0. The SMILES string of the molecule is CC(C)CCNC(=O)[C@H]1CCCN1C(=O)c1ccc(NC(=O)c2cccc(Cl)c2)cc1. The summed E-state index contributed by atoms with van der Waals surface area (Å²) in [6, 6.07) is 13.0. The first-order valence-corrected chi connectivity index (χ1v) is 11.0. The standard InChI is InChI=1S/C24H28ClN3O3/c1-16(2)12-13-26-23(30)21-7-4-14-28(21)24(31)17-8-10-20(11-9-17)27-22(29)18-5-3-6-19(25)15-18/h3,5-6,8-11,15-16,21H,4,7,12-14H2,1-2H3,(H,26,30)(H,27,29)/t21-/m1/s1. The van der Waals surface area contributed by atoms with Gasteiger partial charge in [-0.15, -0.1) is 0 Å². The molecule has 2 N–H and O–H groups in total. The first kappa shape index (κ1) is 22.8. The second kappa shape index (κ2) is 10.4. The molecule has 2 aromatic rings. The van der Waals surface area contributed by atoms with Gasteiger partial charge in [-0.25, -0.2) is 0 Å². The van der Waals surface area contributed by atoms with Crippen LogP contribution in [0.25, 0.3) is 0 Å². The number of nitrogens with zero attached hydrogens (tertiary/aromatic N) is 1. The maximum atomic E-state index is 13.0. The third-order valence-electron chi connectivity index (χ3n) is 5.31. The Labute approximate surface area is 188 Å². The van der Waals surface area contributed by atoms with Crippen LogP contribution < -0.4 is 10.6 Å². The number of rotatable bonds is 7. The Morgan fingerprint density at radius 1 is 1.10 bits per heavy atom. The zero-order valence-corrected chi connectivity index (χ0v) is 18.6. The van der Waals surface area contributed by atoms with E-state index in [2.05, 4.69) is 24.5 Å². The molecule has 3 rings (SSSR count). The predicted octanol–water partition coefficient (Wildman–Crippen LogP) is 4.36. The largest absolute Gasteiger partial charge is 0.354 e. The number of hydrogen-bond donors (Lipinski definition) is 2. The molecule has 2 aromatic carbocycles. The highest BCUT2D eigenvalue weighted by Gasteiger charge is 2.34. The van der Waals surface area contributed by atoms with Gasteiger partial charge in [0.1, 0.15) is 6.04 Å². The van der Waals surface area contributed by atoms with E-state index in [4.69, 9.17) is 11.6 Å². The lowest BCUT2D eigenvalue weighted by Gasteiger charge is -2.24. The first-order chi connectivity index (χ1) is 14.8. The van der Waals surface area contributed by atoms with Crippen LogP contribution in [0.1, 0.15) is 53.8 Å². The molecule has 1 heterocycles. The first-order valence-electron chi connectivity index (χ1n) is 10.6. The average molecular weight is 442 g/mol. The van der Waals surface area contributed by atoms with Crippen molar-refractivity contribution in [2.45, 2.75) is 39.2 Å². The Hall–Kier alpha value is -2.86. The van der Waals surface area contributed by atoms with Crippen LogP contribution in [0.4, 0.5) is 5.69 Å². The zero-order chi connectivity index (χ0) is 22.4. The van der Waals surface area contributed by atoms with E-state index < -0.39 is 6.04 Å². The summed E-state index contributed by atoms with van der Waals surface area (Å²) in [5.41, 5.74) is 1.52. The molecule has 1 aliphatic rings. The molecule has 1 aliphatic heterocycles. The van der Waals surface area contributed by atoms with Crippen LogP contribution in [0.2, 0.25) is 5.02 Å². The molecule has 0 aliphatic carbocycles. The minimum absolute atomic E-state index is 0.0862. The number of nitrogens with one attached hydrogen (secondary N) is 2.